The van der Waals surface area contributed by atoms with Gasteiger partial charge in [-0.15, -0.1) is 0 Å². The molecular formula is C16H20ClN3O2. The molecule has 1 aromatic heterocycles. The molecule has 0 saturated heterocycles. The Morgan fingerprint density at radius 3 is 2.55 bits per heavy atom. The Balaban J connectivity index is 2.10. The van der Waals surface area contributed by atoms with Crippen LogP contribution < -0.4 is 10.1 Å². The van der Waals surface area contributed by atoms with Crippen LogP contribution in [0.15, 0.2) is 24.3 Å². The SMILES string of the molecule is CCOc1ccc(C(C)NC(=O)c2c(C)nn(C)c2Cl)cc1. The summed E-state index contributed by atoms with van der Waals surface area (Å²) in [6, 6.07) is 7.52. The normalized spacial score (nSPS) is 12.0. The van der Waals surface area contributed by atoms with Crippen LogP contribution in [0.5, 0.6) is 5.75 Å². The average Bonchev–Trinajstić information content (AvgIpc) is 2.73. The molecule has 0 saturated carbocycles. The van der Waals surface area contributed by atoms with E-state index in [-0.39, 0.29) is 11.9 Å². The molecule has 0 spiro atoms. The van der Waals surface area contributed by atoms with E-state index in [2.05, 4.69) is 10.4 Å². The first kappa shape index (κ1) is 16.4. The second kappa shape index (κ2) is 6.83. The minimum absolute atomic E-state index is 0.140. The van der Waals surface area contributed by atoms with Crippen LogP contribution in [0.4, 0.5) is 0 Å². The molecule has 1 aromatic carbocycles. The van der Waals surface area contributed by atoms with Crippen LogP contribution in [0.1, 0.15) is 41.5 Å². The molecule has 5 nitrogen and oxygen atoms in total. The van der Waals surface area contributed by atoms with Gasteiger partial charge in [0.05, 0.1) is 23.9 Å². The molecule has 2 rings (SSSR count). The van der Waals surface area contributed by atoms with Gasteiger partial charge in [-0.25, -0.2) is 0 Å². The average molecular weight is 322 g/mol. The summed E-state index contributed by atoms with van der Waals surface area (Å²) in [7, 11) is 1.71. The lowest BCUT2D eigenvalue weighted by atomic mass is 10.1. The van der Waals surface area contributed by atoms with Gasteiger partial charge in [0, 0.05) is 7.05 Å². The highest BCUT2D eigenvalue weighted by molar-refractivity contribution is 6.33. The molecule has 0 aliphatic carbocycles. The van der Waals surface area contributed by atoms with Crippen molar-refractivity contribution in [1.29, 1.82) is 0 Å². The van der Waals surface area contributed by atoms with Crippen LogP contribution in [-0.4, -0.2) is 22.3 Å². The van der Waals surface area contributed by atoms with Crippen molar-refractivity contribution in [2.75, 3.05) is 6.61 Å². The first-order valence-corrected chi connectivity index (χ1v) is 7.54. The lowest BCUT2D eigenvalue weighted by molar-refractivity contribution is 0.0939. The number of hydrogen-bond acceptors (Lipinski definition) is 3. The summed E-state index contributed by atoms with van der Waals surface area (Å²) in [5.41, 5.74) is 2.03. The van der Waals surface area contributed by atoms with Gasteiger partial charge in [0.1, 0.15) is 10.9 Å². The fourth-order valence-electron chi connectivity index (χ4n) is 2.26. The molecule has 0 aliphatic heterocycles. The van der Waals surface area contributed by atoms with Gasteiger partial charge in [0.15, 0.2) is 0 Å². The first-order valence-electron chi connectivity index (χ1n) is 7.16. The predicted octanol–water partition coefficient (Wildman–Crippen LogP) is 3.27. The third-order valence-corrected chi connectivity index (χ3v) is 3.85. The number of ether oxygens (including phenoxy) is 1. The van der Waals surface area contributed by atoms with Crippen LogP contribution >= 0.6 is 11.6 Å². The zero-order valence-electron chi connectivity index (χ0n) is 13.2. The van der Waals surface area contributed by atoms with Gasteiger partial charge in [-0.05, 0) is 38.5 Å². The van der Waals surface area contributed by atoms with E-state index in [0.29, 0.717) is 23.0 Å². The van der Waals surface area contributed by atoms with Gasteiger partial charge in [0.25, 0.3) is 5.91 Å². The molecule has 1 amide bonds. The minimum Gasteiger partial charge on any atom is -0.494 e. The molecule has 2 aromatic rings. The summed E-state index contributed by atoms with van der Waals surface area (Å²) in [4.78, 5) is 12.4. The largest absolute Gasteiger partial charge is 0.494 e. The van der Waals surface area contributed by atoms with E-state index >= 15 is 0 Å². The molecule has 6 heteroatoms. The Kier molecular flexibility index (Phi) is 5.08. The molecule has 0 bridgehead atoms. The molecule has 1 heterocycles. The topological polar surface area (TPSA) is 56.1 Å². The van der Waals surface area contributed by atoms with Crippen molar-refractivity contribution in [3.63, 3.8) is 0 Å². The monoisotopic (exact) mass is 321 g/mol. The number of carbonyl (C=O) groups excluding carboxylic acids is 1. The smallest absolute Gasteiger partial charge is 0.256 e. The first-order chi connectivity index (χ1) is 10.4. The third-order valence-electron chi connectivity index (χ3n) is 3.42. The Labute approximate surface area is 135 Å². The molecular weight excluding hydrogens is 302 g/mol. The van der Waals surface area contributed by atoms with Gasteiger partial charge in [-0.3, -0.25) is 9.48 Å². The lowest BCUT2D eigenvalue weighted by Gasteiger charge is -2.15. The maximum Gasteiger partial charge on any atom is 0.256 e. The Hall–Kier alpha value is -2.01. The maximum absolute atomic E-state index is 12.4. The summed E-state index contributed by atoms with van der Waals surface area (Å²) >= 11 is 6.12. The summed E-state index contributed by atoms with van der Waals surface area (Å²) in [5, 5.41) is 7.43. The van der Waals surface area contributed by atoms with Crippen LogP contribution in [-0.2, 0) is 7.05 Å². The Bertz CT molecular complexity index is 665. The second-order valence-corrected chi connectivity index (χ2v) is 5.43. The number of aromatic nitrogens is 2. The molecule has 22 heavy (non-hydrogen) atoms. The number of amides is 1. The lowest BCUT2D eigenvalue weighted by Crippen LogP contribution is -2.27. The number of halogens is 1. The van der Waals surface area contributed by atoms with Crippen LogP contribution in [0, 0.1) is 6.92 Å². The van der Waals surface area contributed by atoms with Gasteiger partial charge in [-0.1, -0.05) is 23.7 Å². The van der Waals surface area contributed by atoms with Gasteiger partial charge < -0.3 is 10.1 Å². The Morgan fingerprint density at radius 2 is 2.05 bits per heavy atom. The number of hydrogen-bond donors (Lipinski definition) is 1. The molecule has 0 fully saturated rings. The number of benzene rings is 1. The number of rotatable bonds is 5. The molecule has 0 radical (unpaired) electrons. The van der Waals surface area contributed by atoms with Crippen LogP contribution in [0.3, 0.4) is 0 Å². The molecule has 1 N–H and O–H groups in total. The fourth-order valence-corrected chi connectivity index (χ4v) is 2.52. The van der Waals surface area contributed by atoms with E-state index in [0.717, 1.165) is 11.3 Å². The molecule has 118 valence electrons. The van der Waals surface area contributed by atoms with Crippen LogP contribution in [0.2, 0.25) is 5.15 Å². The quantitative estimate of drug-likeness (QED) is 0.919. The number of nitrogens with zero attached hydrogens (tertiary/aromatic N) is 2. The van der Waals surface area contributed by atoms with Gasteiger partial charge in [-0.2, -0.15) is 5.10 Å². The van der Waals surface area contributed by atoms with E-state index in [1.165, 1.54) is 4.68 Å². The van der Waals surface area contributed by atoms with E-state index in [1.54, 1.807) is 14.0 Å². The number of carbonyl (C=O) groups is 1. The van der Waals surface area contributed by atoms with Crippen molar-refractivity contribution in [3.05, 3.63) is 46.2 Å². The number of aryl methyl sites for hydroxylation is 2. The fraction of sp³-hybridized carbons (Fsp3) is 0.375. The zero-order valence-corrected chi connectivity index (χ0v) is 13.9. The highest BCUT2D eigenvalue weighted by atomic mass is 35.5. The summed E-state index contributed by atoms with van der Waals surface area (Å²) in [5.74, 6) is 0.591. The second-order valence-electron chi connectivity index (χ2n) is 5.07. The van der Waals surface area contributed by atoms with E-state index in [4.69, 9.17) is 16.3 Å². The minimum atomic E-state index is -0.225. The Morgan fingerprint density at radius 1 is 1.41 bits per heavy atom. The van der Waals surface area contributed by atoms with Crippen molar-refractivity contribution >= 4 is 17.5 Å². The van der Waals surface area contributed by atoms with Crippen molar-refractivity contribution in [1.82, 2.24) is 15.1 Å². The van der Waals surface area contributed by atoms with Crippen molar-refractivity contribution < 1.29 is 9.53 Å². The zero-order chi connectivity index (χ0) is 16.3. The van der Waals surface area contributed by atoms with Crippen LogP contribution in [0.25, 0.3) is 0 Å². The van der Waals surface area contributed by atoms with Gasteiger partial charge in [0.2, 0.25) is 0 Å². The van der Waals surface area contributed by atoms with Crippen molar-refractivity contribution in [2.24, 2.45) is 7.05 Å². The molecule has 0 aliphatic rings. The van der Waals surface area contributed by atoms with Crippen molar-refractivity contribution in [2.45, 2.75) is 26.8 Å². The summed E-state index contributed by atoms with van der Waals surface area (Å²) in [6.07, 6.45) is 0. The molecule has 1 atom stereocenters. The van der Waals surface area contributed by atoms with Gasteiger partial charge >= 0.3 is 0 Å². The summed E-state index contributed by atoms with van der Waals surface area (Å²) in [6.45, 7) is 6.26. The van der Waals surface area contributed by atoms with E-state index in [1.807, 2.05) is 38.1 Å². The highest BCUT2D eigenvalue weighted by Crippen LogP contribution is 2.21. The summed E-state index contributed by atoms with van der Waals surface area (Å²) < 4.78 is 6.90. The van der Waals surface area contributed by atoms with E-state index in [9.17, 15) is 4.79 Å². The standard InChI is InChI=1S/C16H20ClN3O2/c1-5-22-13-8-6-12(7-9-13)10(2)18-16(21)14-11(3)19-20(4)15(14)17/h6-10H,5H2,1-4H3,(H,18,21). The van der Waals surface area contributed by atoms with Crippen molar-refractivity contribution in [3.8, 4) is 5.75 Å². The predicted molar refractivity (Wildman–Crippen MR) is 86.4 cm³/mol. The molecule has 1 unspecified atom stereocenters. The number of nitrogens with one attached hydrogen (secondary N) is 1. The van der Waals surface area contributed by atoms with E-state index < -0.39 is 0 Å². The third kappa shape index (κ3) is 3.42. The maximum atomic E-state index is 12.4. The highest BCUT2D eigenvalue weighted by Gasteiger charge is 2.20.